The predicted octanol–water partition coefficient (Wildman–Crippen LogP) is 3.54. The van der Waals surface area contributed by atoms with E-state index in [0.29, 0.717) is 6.42 Å². The first-order chi connectivity index (χ1) is 9.98. The van der Waals surface area contributed by atoms with Crippen molar-refractivity contribution in [3.8, 4) is 0 Å². The lowest BCUT2D eigenvalue weighted by Crippen LogP contribution is -2.51. The van der Waals surface area contributed by atoms with Crippen molar-refractivity contribution in [2.45, 2.75) is 38.4 Å². The Morgan fingerprint density at radius 1 is 1.33 bits per heavy atom. The van der Waals surface area contributed by atoms with Crippen LogP contribution in [0, 0.1) is 17.7 Å². The van der Waals surface area contributed by atoms with Crippen molar-refractivity contribution in [1.29, 1.82) is 0 Å². The van der Waals surface area contributed by atoms with E-state index < -0.39 is 5.60 Å². The van der Waals surface area contributed by atoms with Gasteiger partial charge in [-0.05, 0) is 37.1 Å². The average molecular weight is 290 g/mol. The second-order valence-corrected chi connectivity index (χ2v) is 6.18. The van der Waals surface area contributed by atoms with Crippen LogP contribution in [0.2, 0.25) is 0 Å². The molecule has 0 N–H and O–H groups in total. The maximum absolute atomic E-state index is 12.9. The maximum Gasteiger partial charge on any atom is 0.138 e. The fourth-order valence-corrected chi connectivity index (χ4v) is 3.00. The van der Waals surface area contributed by atoms with Gasteiger partial charge in [0.15, 0.2) is 0 Å². The smallest absolute Gasteiger partial charge is 0.138 e. The Kier molecular flexibility index (Phi) is 3.68. The van der Waals surface area contributed by atoms with E-state index in [2.05, 4.69) is 0 Å². The molecule has 4 heteroatoms. The van der Waals surface area contributed by atoms with E-state index in [0.717, 1.165) is 12.0 Å². The highest BCUT2D eigenvalue weighted by Gasteiger charge is 2.48. The number of Topliss-reactive ketones (excluding diaryl/α,β-unsaturated/α-hetero) is 1. The third-order valence-corrected chi connectivity index (χ3v) is 4.67. The van der Waals surface area contributed by atoms with Crippen LogP contribution in [0.4, 0.5) is 4.39 Å². The van der Waals surface area contributed by atoms with Gasteiger partial charge < -0.3 is 0 Å². The highest BCUT2D eigenvalue weighted by atomic mass is 19.1. The van der Waals surface area contributed by atoms with Crippen LogP contribution in [0.1, 0.15) is 32.3 Å². The van der Waals surface area contributed by atoms with Crippen molar-refractivity contribution in [2.24, 2.45) is 11.8 Å². The number of halogens is 1. The van der Waals surface area contributed by atoms with Gasteiger partial charge in [0.05, 0.1) is 0 Å². The number of carbonyl (C=O) groups is 1. The van der Waals surface area contributed by atoms with Gasteiger partial charge in [-0.25, -0.2) is 14.2 Å². The summed E-state index contributed by atoms with van der Waals surface area (Å²) < 4.78 is 12.9. The number of hydrogen-bond donors (Lipinski definition) is 0. The van der Waals surface area contributed by atoms with Gasteiger partial charge >= 0.3 is 0 Å². The molecule has 1 aromatic rings. The lowest BCUT2D eigenvalue weighted by molar-refractivity contribution is -0.415. The van der Waals surface area contributed by atoms with Crippen molar-refractivity contribution in [2.75, 3.05) is 0 Å². The first-order valence-corrected chi connectivity index (χ1v) is 7.30. The monoisotopic (exact) mass is 290 g/mol. The second-order valence-electron chi connectivity index (χ2n) is 6.18. The number of benzene rings is 1. The SMILES string of the molecule is CC1C(=O)CC2CC1OOC2(C)/C=C/c1ccc(F)cc1. The van der Waals surface area contributed by atoms with Crippen molar-refractivity contribution in [1.82, 2.24) is 0 Å². The quantitative estimate of drug-likeness (QED) is 0.781. The van der Waals surface area contributed by atoms with Crippen LogP contribution in [0.3, 0.4) is 0 Å². The van der Waals surface area contributed by atoms with Crippen molar-refractivity contribution in [3.63, 3.8) is 0 Å². The zero-order valence-electron chi connectivity index (χ0n) is 12.2. The van der Waals surface area contributed by atoms with Crippen molar-refractivity contribution in [3.05, 3.63) is 41.7 Å². The van der Waals surface area contributed by atoms with Gasteiger partial charge in [0.1, 0.15) is 23.3 Å². The molecule has 0 radical (unpaired) electrons. The van der Waals surface area contributed by atoms with Gasteiger partial charge in [0.25, 0.3) is 0 Å². The fraction of sp³-hybridized carbons (Fsp3) is 0.471. The summed E-state index contributed by atoms with van der Waals surface area (Å²) in [5.41, 5.74) is 0.264. The van der Waals surface area contributed by atoms with Crippen molar-refractivity contribution >= 4 is 11.9 Å². The summed E-state index contributed by atoms with van der Waals surface area (Å²) in [6, 6.07) is 6.25. The van der Waals surface area contributed by atoms with E-state index in [9.17, 15) is 9.18 Å². The van der Waals surface area contributed by atoms with Crippen molar-refractivity contribution < 1.29 is 19.0 Å². The number of carbonyl (C=O) groups excluding carboxylic acids is 1. The van der Waals surface area contributed by atoms with E-state index in [1.54, 1.807) is 12.1 Å². The summed E-state index contributed by atoms with van der Waals surface area (Å²) in [4.78, 5) is 23.0. The molecule has 0 amide bonds. The lowest BCUT2D eigenvalue weighted by Gasteiger charge is -2.45. The van der Waals surface area contributed by atoms with E-state index >= 15 is 0 Å². The molecule has 4 unspecified atom stereocenters. The Hall–Kier alpha value is -1.52. The molecule has 0 aromatic heterocycles. The van der Waals surface area contributed by atoms with Gasteiger partial charge in [0.2, 0.25) is 0 Å². The number of rotatable bonds is 2. The Morgan fingerprint density at radius 3 is 2.76 bits per heavy atom. The summed E-state index contributed by atoms with van der Waals surface area (Å²) in [6.07, 6.45) is 5.00. The van der Waals surface area contributed by atoms with E-state index in [-0.39, 0.29) is 29.5 Å². The molecular formula is C17H19FO3. The van der Waals surface area contributed by atoms with Crippen LogP contribution in [0.15, 0.2) is 30.3 Å². The largest absolute Gasteiger partial charge is 0.299 e. The third-order valence-electron chi connectivity index (χ3n) is 4.67. The molecule has 0 spiro atoms. The molecule has 1 aromatic carbocycles. The van der Waals surface area contributed by atoms with Crippen LogP contribution in [-0.4, -0.2) is 17.5 Å². The first-order valence-electron chi connectivity index (χ1n) is 7.30. The molecular weight excluding hydrogens is 271 g/mol. The topological polar surface area (TPSA) is 35.5 Å². The van der Waals surface area contributed by atoms with E-state index in [1.165, 1.54) is 12.1 Å². The molecule has 2 fully saturated rings. The minimum atomic E-state index is -0.624. The molecule has 2 aliphatic rings. The molecule has 1 saturated carbocycles. The maximum atomic E-state index is 12.9. The number of ketones is 1. The molecule has 112 valence electrons. The molecule has 1 saturated heterocycles. The van der Waals surface area contributed by atoms with Gasteiger partial charge in [-0.3, -0.25) is 4.79 Å². The number of hydrogen-bond acceptors (Lipinski definition) is 3. The molecule has 1 aliphatic carbocycles. The molecule has 1 heterocycles. The summed E-state index contributed by atoms with van der Waals surface area (Å²) >= 11 is 0. The summed E-state index contributed by atoms with van der Waals surface area (Å²) in [7, 11) is 0. The first kappa shape index (κ1) is 14.4. The van der Waals surface area contributed by atoms with Gasteiger partial charge in [-0.1, -0.05) is 25.1 Å². The normalized spacial score (nSPS) is 36.1. The summed E-state index contributed by atoms with van der Waals surface area (Å²) in [5, 5.41) is 0. The molecule has 4 atom stereocenters. The Balaban J connectivity index is 1.78. The standard InChI is InChI=1S/C17H19FO3/c1-11-15(19)9-13-10-16(11)20-21-17(13,2)8-7-12-3-5-14(18)6-4-12/h3-8,11,13,16H,9-10H2,1-2H3/b8-7+. The molecule has 21 heavy (non-hydrogen) atoms. The van der Waals surface area contributed by atoms with Crippen LogP contribution in [-0.2, 0) is 14.6 Å². The average Bonchev–Trinajstić information content (AvgIpc) is 2.47. The van der Waals surface area contributed by atoms with Gasteiger partial charge in [0, 0.05) is 18.3 Å². The van der Waals surface area contributed by atoms with Gasteiger partial charge in [-0.2, -0.15) is 0 Å². The Bertz CT molecular complexity index is 566. The highest BCUT2D eigenvalue weighted by Crippen LogP contribution is 2.42. The van der Waals surface area contributed by atoms with Crippen LogP contribution >= 0.6 is 0 Å². The van der Waals surface area contributed by atoms with Crippen LogP contribution < -0.4 is 0 Å². The predicted molar refractivity (Wildman–Crippen MR) is 76.7 cm³/mol. The minimum Gasteiger partial charge on any atom is -0.299 e. The second kappa shape index (κ2) is 5.35. The highest BCUT2D eigenvalue weighted by molar-refractivity contribution is 5.82. The zero-order valence-corrected chi connectivity index (χ0v) is 12.2. The lowest BCUT2D eigenvalue weighted by atomic mass is 9.71. The number of fused-ring (bicyclic) bond motifs is 2. The minimum absolute atomic E-state index is 0.0909. The summed E-state index contributed by atoms with van der Waals surface area (Å²) in [6.45, 7) is 3.82. The fourth-order valence-electron chi connectivity index (χ4n) is 3.00. The van der Waals surface area contributed by atoms with Crippen LogP contribution in [0.5, 0.6) is 0 Å². The van der Waals surface area contributed by atoms with E-state index in [1.807, 2.05) is 26.0 Å². The Labute approximate surface area is 123 Å². The molecule has 2 bridgehead atoms. The Morgan fingerprint density at radius 2 is 2.05 bits per heavy atom. The zero-order chi connectivity index (χ0) is 15.0. The third kappa shape index (κ3) is 2.78. The van der Waals surface area contributed by atoms with Gasteiger partial charge in [-0.15, -0.1) is 0 Å². The van der Waals surface area contributed by atoms with Crippen LogP contribution in [0.25, 0.3) is 6.08 Å². The molecule has 3 nitrogen and oxygen atoms in total. The summed E-state index contributed by atoms with van der Waals surface area (Å²) in [5.74, 6) is 0.00908. The molecule has 1 aliphatic heterocycles. The molecule has 3 rings (SSSR count). The van der Waals surface area contributed by atoms with E-state index in [4.69, 9.17) is 9.78 Å².